The van der Waals surface area contributed by atoms with Gasteiger partial charge in [0.25, 0.3) is 0 Å². The molecule has 0 N–H and O–H groups in total. The van der Waals surface area contributed by atoms with Gasteiger partial charge in [-0.3, -0.25) is 0 Å². The zero-order chi connectivity index (χ0) is 23.6. The van der Waals surface area contributed by atoms with E-state index in [4.69, 9.17) is 4.42 Å². The van der Waals surface area contributed by atoms with Crippen molar-refractivity contribution < 1.29 is 4.42 Å². The van der Waals surface area contributed by atoms with E-state index in [-0.39, 0.29) is 0 Å². The Morgan fingerprint density at radius 3 is 1.94 bits per heavy atom. The van der Waals surface area contributed by atoms with E-state index in [2.05, 4.69) is 126 Å². The predicted molar refractivity (Wildman–Crippen MR) is 151 cm³/mol. The molecule has 36 heavy (non-hydrogen) atoms. The Hall–Kier alpha value is -4.82. The van der Waals surface area contributed by atoms with Gasteiger partial charge in [-0.15, -0.1) is 0 Å². The summed E-state index contributed by atoms with van der Waals surface area (Å²) in [5.41, 5.74) is 7.87. The lowest BCUT2D eigenvalue weighted by atomic mass is 9.98. The van der Waals surface area contributed by atoms with Gasteiger partial charge < -0.3 is 8.98 Å². The summed E-state index contributed by atoms with van der Waals surface area (Å²) in [4.78, 5) is 0. The Bertz CT molecular complexity index is 2080. The van der Waals surface area contributed by atoms with Crippen molar-refractivity contribution in [3.63, 3.8) is 0 Å². The summed E-state index contributed by atoms with van der Waals surface area (Å²) >= 11 is 0. The Kier molecular flexibility index (Phi) is 3.97. The maximum Gasteiger partial charge on any atom is 0.144 e. The average Bonchev–Trinajstić information content (AvgIpc) is 3.50. The van der Waals surface area contributed by atoms with Crippen LogP contribution >= 0.6 is 0 Å². The molecule has 0 aliphatic heterocycles. The van der Waals surface area contributed by atoms with Crippen LogP contribution in [-0.4, -0.2) is 4.57 Å². The van der Waals surface area contributed by atoms with Gasteiger partial charge in [-0.05, 0) is 41.5 Å². The first kappa shape index (κ1) is 19.5. The largest absolute Gasteiger partial charge is 0.455 e. The highest BCUT2D eigenvalue weighted by atomic mass is 16.3. The molecular formula is C34H21NO. The number of aromatic nitrogens is 1. The number of hydrogen-bond acceptors (Lipinski definition) is 1. The van der Waals surface area contributed by atoms with E-state index in [0.29, 0.717) is 0 Å². The highest BCUT2D eigenvalue weighted by Gasteiger charge is 2.22. The molecule has 8 aromatic rings. The third-order valence-corrected chi connectivity index (χ3v) is 7.36. The van der Waals surface area contributed by atoms with Crippen LogP contribution in [-0.2, 0) is 0 Å². The van der Waals surface area contributed by atoms with Crippen molar-refractivity contribution in [2.45, 2.75) is 0 Å². The Balaban J connectivity index is 1.68. The molecule has 0 saturated heterocycles. The fourth-order valence-corrected chi connectivity index (χ4v) is 5.83. The third-order valence-electron chi connectivity index (χ3n) is 7.36. The van der Waals surface area contributed by atoms with E-state index in [1.165, 1.54) is 43.7 Å². The van der Waals surface area contributed by atoms with Crippen molar-refractivity contribution in [2.24, 2.45) is 0 Å². The molecule has 0 radical (unpaired) electrons. The van der Waals surface area contributed by atoms with Gasteiger partial charge in [-0.2, -0.15) is 0 Å². The van der Waals surface area contributed by atoms with Crippen LogP contribution in [0.1, 0.15) is 0 Å². The molecule has 2 heterocycles. The van der Waals surface area contributed by atoms with E-state index in [1.54, 1.807) is 0 Å². The first-order valence-electron chi connectivity index (χ1n) is 12.3. The van der Waals surface area contributed by atoms with Gasteiger partial charge >= 0.3 is 0 Å². The van der Waals surface area contributed by atoms with Crippen molar-refractivity contribution in [2.75, 3.05) is 0 Å². The average molecular weight is 460 g/mol. The number of para-hydroxylation sites is 2. The van der Waals surface area contributed by atoms with Gasteiger partial charge in [0.2, 0.25) is 0 Å². The lowest BCUT2D eigenvalue weighted by Crippen LogP contribution is -1.94. The van der Waals surface area contributed by atoms with Gasteiger partial charge in [0.15, 0.2) is 0 Å². The van der Waals surface area contributed by atoms with Crippen LogP contribution in [0.2, 0.25) is 0 Å². The molecule has 0 spiro atoms. The summed E-state index contributed by atoms with van der Waals surface area (Å²) in [6.07, 6.45) is 0. The van der Waals surface area contributed by atoms with Gasteiger partial charge in [0.1, 0.15) is 11.2 Å². The van der Waals surface area contributed by atoms with Gasteiger partial charge in [0.05, 0.1) is 11.0 Å². The number of fused-ring (bicyclic) bond motifs is 10. The molecule has 0 bridgehead atoms. The second-order valence-electron chi connectivity index (χ2n) is 9.34. The summed E-state index contributed by atoms with van der Waals surface area (Å²) in [7, 11) is 0. The predicted octanol–water partition coefficient (Wildman–Crippen LogP) is 9.50. The normalized spacial score (nSPS) is 11.9. The van der Waals surface area contributed by atoms with Gasteiger partial charge in [-0.25, -0.2) is 0 Å². The van der Waals surface area contributed by atoms with E-state index < -0.39 is 0 Å². The van der Waals surface area contributed by atoms with Crippen molar-refractivity contribution in [3.05, 3.63) is 127 Å². The van der Waals surface area contributed by atoms with E-state index in [0.717, 1.165) is 27.6 Å². The molecule has 0 aliphatic carbocycles. The smallest absolute Gasteiger partial charge is 0.144 e. The molecule has 0 unspecified atom stereocenters. The molecule has 2 nitrogen and oxygen atoms in total. The van der Waals surface area contributed by atoms with Crippen LogP contribution in [0.15, 0.2) is 132 Å². The highest BCUT2D eigenvalue weighted by Crippen LogP contribution is 2.46. The molecule has 6 aromatic carbocycles. The maximum atomic E-state index is 6.54. The van der Waals surface area contributed by atoms with Crippen LogP contribution in [0.5, 0.6) is 0 Å². The molecule has 0 atom stereocenters. The molecule has 8 rings (SSSR count). The first-order chi connectivity index (χ1) is 17.9. The Morgan fingerprint density at radius 1 is 0.472 bits per heavy atom. The number of benzene rings is 6. The lowest BCUT2D eigenvalue weighted by molar-refractivity contribution is 0.673. The molecule has 0 amide bonds. The minimum atomic E-state index is 0.921. The van der Waals surface area contributed by atoms with Crippen LogP contribution in [0, 0.1) is 0 Å². The van der Waals surface area contributed by atoms with E-state index in [1.807, 2.05) is 6.07 Å². The number of furan rings is 1. The van der Waals surface area contributed by atoms with Crippen molar-refractivity contribution in [1.29, 1.82) is 0 Å². The quantitative estimate of drug-likeness (QED) is 0.252. The SMILES string of the molecule is c1ccc(-c2ccc3c(c2)c2c4c5ccccc5oc4c4ccccc4c2n3-c2ccccc2)cc1. The van der Waals surface area contributed by atoms with E-state index >= 15 is 0 Å². The number of rotatable bonds is 2. The first-order valence-corrected chi connectivity index (χ1v) is 12.3. The maximum absolute atomic E-state index is 6.54. The minimum absolute atomic E-state index is 0.921. The number of hydrogen-bond donors (Lipinski definition) is 0. The molecule has 2 heteroatoms. The standard InChI is InChI=1S/C34H21NO/c1-3-11-22(12-4-1)23-19-20-29-28(21-23)31-32-27-17-9-10-18-30(27)36-34(32)26-16-8-7-15-25(26)33(31)35(29)24-13-5-2-6-14-24/h1-21H. The topological polar surface area (TPSA) is 18.1 Å². The van der Waals surface area contributed by atoms with Crippen molar-refractivity contribution in [1.82, 2.24) is 4.57 Å². The minimum Gasteiger partial charge on any atom is -0.455 e. The second-order valence-corrected chi connectivity index (χ2v) is 9.34. The van der Waals surface area contributed by atoms with Gasteiger partial charge in [0, 0.05) is 38.0 Å². The summed E-state index contributed by atoms with van der Waals surface area (Å²) in [5.74, 6) is 0. The molecule has 0 fully saturated rings. The highest BCUT2D eigenvalue weighted by molar-refractivity contribution is 6.36. The van der Waals surface area contributed by atoms with Crippen LogP contribution in [0.4, 0.5) is 0 Å². The van der Waals surface area contributed by atoms with Crippen LogP contribution in [0.25, 0.3) is 71.3 Å². The van der Waals surface area contributed by atoms with Crippen LogP contribution < -0.4 is 0 Å². The summed E-state index contributed by atoms with van der Waals surface area (Å²) in [5, 5.41) is 7.15. The summed E-state index contributed by atoms with van der Waals surface area (Å²) < 4.78 is 8.96. The Labute approximate surface area is 207 Å². The zero-order valence-electron chi connectivity index (χ0n) is 19.5. The zero-order valence-corrected chi connectivity index (χ0v) is 19.5. The summed E-state index contributed by atoms with van der Waals surface area (Å²) in [6, 6.07) is 45.2. The fourth-order valence-electron chi connectivity index (χ4n) is 5.83. The molecule has 168 valence electrons. The molecule has 0 saturated carbocycles. The van der Waals surface area contributed by atoms with Crippen molar-refractivity contribution in [3.8, 4) is 16.8 Å². The molecule has 2 aromatic heterocycles. The molecule has 0 aliphatic rings. The Morgan fingerprint density at radius 2 is 1.14 bits per heavy atom. The molecular weight excluding hydrogens is 438 g/mol. The monoisotopic (exact) mass is 459 g/mol. The summed E-state index contributed by atoms with van der Waals surface area (Å²) in [6.45, 7) is 0. The third kappa shape index (κ3) is 2.61. The van der Waals surface area contributed by atoms with Crippen molar-refractivity contribution >= 4 is 54.5 Å². The van der Waals surface area contributed by atoms with Gasteiger partial charge in [-0.1, -0.05) is 97.1 Å². The lowest BCUT2D eigenvalue weighted by Gasteiger charge is -2.10. The number of nitrogens with zero attached hydrogens (tertiary/aromatic N) is 1. The van der Waals surface area contributed by atoms with E-state index in [9.17, 15) is 0 Å². The van der Waals surface area contributed by atoms with Crippen LogP contribution in [0.3, 0.4) is 0 Å². The fraction of sp³-hybridized carbons (Fsp3) is 0. The second kappa shape index (κ2) is 7.34.